The minimum atomic E-state index is -0.486. The number of aliphatic imine (C=N–C) groups is 1. The summed E-state index contributed by atoms with van der Waals surface area (Å²) in [6.07, 6.45) is 1.48. The van der Waals surface area contributed by atoms with Gasteiger partial charge in [0.1, 0.15) is 5.65 Å². The first-order chi connectivity index (χ1) is 27.3. The second kappa shape index (κ2) is 12.8. The minimum absolute atomic E-state index is 0.486. The Balaban J connectivity index is 1.13. The zero-order chi connectivity index (χ0) is 36.3. The van der Waals surface area contributed by atoms with Crippen LogP contribution in [0.1, 0.15) is 16.7 Å². The smallest absolute Gasteiger partial charge is 0.236 e. The van der Waals surface area contributed by atoms with Gasteiger partial charge in [-0.1, -0.05) is 140 Å². The highest BCUT2D eigenvalue weighted by Gasteiger charge is 2.30. The molecule has 7 heteroatoms. The Kier molecular flexibility index (Phi) is 7.31. The lowest BCUT2D eigenvalue weighted by Crippen LogP contribution is -2.24. The van der Waals surface area contributed by atoms with Crippen LogP contribution < -0.4 is 10.2 Å². The van der Waals surface area contributed by atoms with E-state index in [4.69, 9.17) is 15.0 Å². The molecule has 10 aromatic rings. The second-order valence-corrected chi connectivity index (χ2v) is 14.8. The number of thiophene rings is 1. The van der Waals surface area contributed by atoms with E-state index in [1.807, 2.05) is 18.3 Å². The van der Waals surface area contributed by atoms with Crippen LogP contribution in [-0.2, 0) is 0 Å². The molecule has 1 N–H and O–H groups in total. The van der Waals surface area contributed by atoms with E-state index in [1.165, 1.54) is 26.4 Å². The van der Waals surface area contributed by atoms with Gasteiger partial charge in [-0.05, 0) is 58.3 Å². The number of benzene rings is 7. The van der Waals surface area contributed by atoms with Crippen molar-refractivity contribution in [2.24, 2.45) is 4.99 Å². The predicted molar refractivity (Wildman–Crippen MR) is 229 cm³/mol. The molecule has 0 amide bonds. The van der Waals surface area contributed by atoms with Gasteiger partial charge in [0.15, 0.2) is 0 Å². The Bertz CT molecular complexity index is 3070. The number of nitrogens with one attached hydrogen (secondary N) is 1. The number of nitrogens with zero attached hydrogens (tertiary/aromatic N) is 5. The average molecular weight is 725 g/mol. The van der Waals surface area contributed by atoms with Gasteiger partial charge in [0, 0.05) is 44.0 Å². The number of aromatic nitrogens is 3. The Hall–Kier alpha value is -7.09. The van der Waals surface area contributed by atoms with E-state index in [0.29, 0.717) is 5.95 Å². The predicted octanol–water partition coefficient (Wildman–Crippen LogP) is 12.5. The van der Waals surface area contributed by atoms with Crippen LogP contribution in [0.25, 0.3) is 53.9 Å². The van der Waals surface area contributed by atoms with Crippen molar-refractivity contribution >= 4 is 82.9 Å². The van der Waals surface area contributed by atoms with Crippen LogP contribution in [0, 0.1) is 0 Å². The molecular weight excluding hydrogens is 693 g/mol. The molecule has 0 radical (unpaired) electrons. The Morgan fingerprint density at radius 2 is 1.22 bits per heavy atom. The van der Waals surface area contributed by atoms with Crippen LogP contribution in [-0.4, -0.2) is 20.2 Å². The van der Waals surface area contributed by atoms with E-state index in [1.54, 1.807) is 11.3 Å². The third-order valence-electron chi connectivity index (χ3n) is 10.5. The van der Waals surface area contributed by atoms with Gasteiger partial charge in [-0.15, -0.1) is 11.3 Å². The summed E-state index contributed by atoms with van der Waals surface area (Å²) in [6.45, 7) is 0. The molecule has 1 unspecified atom stereocenters. The van der Waals surface area contributed by atoms with Crippen molar-refractivity contribution in [3.05, 3.63) is 193 Å². The van der Waals surface area contributed by atoms with Gasteiger partial charge in [-0.3, -0.25) is 9.47 Å². The van der Waals surface area contributed by atoms with Crippen molar-refractivity contribution in [3.63, 3.8) is 0 Å². The van der Waals surface area contributed by atoms with Crippen molar-refractivity contribution in [1.82, 2.24) is 14.5 Å². The molecule has 11 rings (SSSR count). The molecular formula is C48H32N6S. The first kappa shape index (κ1) is 31.4. The highest BCUT2D eigenvalue weighted by molar-refractivity contribution is 7.22. The average Bonchev–Trinajstić information content (AvgIpc) is 3.80. The second-order valence-electron chi connectivity index (χ2n) is 13.7. The van der Waals surface area contributed by atoms with Crippen LogP contribution in [0.4, 0.5) is 23.0 Å². The van der Waals surface area contributed by atoms with Crippen molar-refractivity contribution in [3.8, 4) is 11.1 Å². The number of fused-ring (bicyclic) bond motifs is 7. The maximum atomic E-state index is 5.62. The molecule has 7 aromatic carbocycles. The number of rotatable bonds is 6. The van der Waals surface area contributed by atoms with E-state index in [0.717, 1.165) is 60.7 Å². The summed E-state index contributed by atoms with van der Waals surface area (Å²) in [5.74, 6) is 0.575. The normalized spacial score (nSPS) is 13.9. The molecule has 1 aliphatic rings. The summed E-state index contributed by atoms with van der Waals surface area (Å²) >= 11 is 1.78. The van der Waals surface area contributed by atoms with E-state index < -0.39 is 6.29 Å². The zero-order valence-electron chi connectivity index (χ0n) is 29.5. The van der Waals surface area contributed by atoms with Crippen LogP contribution in [0.3, 0.4) is 0 Å². The molecule has 0 aliphatic carbocycles. The maximum absolute atomic E-state index is 5.62. The molecule has 1 aliphatic heterocycles. The molecule has 1 atom stereocenters. The van der Waals surface area contributed by atoms with Gasteiger partial charge >= 0.3 is 0 Å². The fraction of sp³-hybridized carbons (Fsp3) is 0.0208. The van der Waals surface area contributed by atoms with Crippen LogP contribution in [0.5, 0.6) is 0 Å². The molecule has 6 nitrogen and oxygen atoms in total. The van der Waals surface area contributed by atoms with Crippen molar-refractivity contribution in [2.75, 3.05) is 10.2 Å². The molecule has 55 heavy (non-hydrogen) atoms. The summed E-state index contributed by atoms with van der Waals surface area (Å²) in [5, 5.41) is 9.50. The van der Waals surface area contributed by atoms with E-state index in [2.05, 4.69) is 179 Å². The lowest BCUT2D eigenvalue weighted by Gasteiger charge is -2.27. The summed E-state index contributed by atoms with van der Waals surface area (Å²) in [4.78, 5) is 19.4. The fourth-order valence-corrected chi connectivity index (χ4v) is 9.13. The van der Waals surface area contributed by atoms with Gasteiger partial charge in [0.2, 0.25) is 12.2 Å². The largest absolute Gasteiger partial charge is 0.345 e. The molecule has 0 saturated heterocycles. The Morgan fingerprint density at radius 3 is 2.05 bits per heavy atom. The third-order valence-corrected chi connectivity index (χ3v) is 11.7. The quantitative estimate of drug-likeness (QED) is 0.185. The van der Waals surface area contributed by atoms with Crippen LogP contribution in [0.2, 0.25) is 0 Å². The molecule has 0 bridgehead atoms. The summed E-state index contributed by atoms with van der Waals surface area (Å²) in [7, 11) is 0. The fourth-order valence-electron chi connectivity index (χ4n) is 7.95. The first-order valence-corrected chi connectivity index (χ1v) is 19.2. The lowest BCUT2D eigenvalue weighted by molar-refractivity contribution is 0.621. The molecule has 0 spiro atoms. The number of hydrogen-bond acceptors (Lipinski definition) is 6. The van der Waals surface area contributed by atoms with E-state index in [-0.39, 0.29) is 0 Å². The molecule has 4 heterocycles. The first-order valence-electron chi connectivity index (χ1n) is 18.4. The minimum Gasteiger partial charge on any atom is -0.345 e. The molecule has 0 fully saturated rings. The van der Waals surface area contributed by atoms with E-state index in [9.17, 15) is 0 Å². The van der Waals surface area contributed by atoms with Gasteiger partial charge in [0.25, 0.3) is 0 Å². The van der Waals surface area contributed by atoms with E-state index >= 15 is 0 Å². The summed E-state index contributed by atoms with van der Waals surface area (Å²) in [6, 6.07) is 61.5. The number of para-hydroxylation sites is 2. The Morgan fingerprint density at radius 1 is 0.564 bits per heavy atom. The van der Waals surface area contributed by atoms with Crippen LogP contribution in [0.15, 0.2) is 187 Å². The van der Waals surface area contributed by atoms with Crippen LogP contribution >= 0.6 is 11.3 Å². The molecule has 260 valence electrons. The van der Waals surface area contributed by atoms with Crippen molar-refractivity contribution in [1.29, 1.82) is 0 Å². The topological polar surface area (TPSA) is 58.3 Å². The highest BCUT2D eigenvalue weighted by Crippen LogP contribution is 2.44. The monoisotopic (exact) mass is 724 g/mol. The third kappa shape index (κ3) is 5.20. The maximum Gasteiger partial charge on any atom is 0.236 e. The highest BCUT2D eigenvalue weighted by atomic mass is 32.1. The number of anilines is 4. The number of hydrogen-bond donors (Lipinski definition) is 1. The van der Waals surface area contributed by atoms with Crippen molar-refractivity contribution < 1.29 is 0 Å². The van der Waals surface area contributed by atoms with Gasteiger partial charge in [-0.25, -0.2) is 9.98 Å². The standard InChI is InChI=1S/C48H32N6S/c1-3-14-31(15-4-1)32-26-28-35(29-27-32)53(34-18-5-2-6-19-34)47-49-30-40-37-21-9-11-24-41(37)54(46(40)52-47)48-50-43(38-23-13-17-33-16-7-8-20-36(33)38)45-44(51-48)39-22-10-12-25-42(39)55-45/h1-30,48,51H. The van der Waals surface area contributed by atoms with Crippen molar-refractivity contribution in [2.45, 2.75) is 6.29 Å². The lowest BCUT2D eigenvalue weighted by atomic mass is 9.98. The summed E-state index contributed by atoms with van der Waals surface area (Å²) < 4.78 is 3.47. The Labute approximate surface area is 321 Å². The van der Waals surface area contributed by atoms with Gasteiger partial charge < -0.3 is 5.32 Å². The molecule has 0 saturated carbocycles. The SMILES string of the molecule is c1ccc(-c2ccc(N(c3ccccc3)c3ncc4c5ccccc5n(C5N=C(c6cccc7ccccc67)c6sc7ccccc7c6N5)c4n3)cc2)cc1. The summed E-state index contributed by atoms with van der Waals surface area (Å²) in [5.41, 5.74) is 9.27. The van der Waals surface area contributed by atoms with Gasteiger partial charge in [-0.2, -0.15) is 4.98 Å². The zero-order valence-corrected chi connectivity index (χ0v) is 30.4. The molecule has 3 aromatic heterocycles. The van der Waals surface area contributed by atoms with Gasteiger partial charge in [0.05, 0.1) is 21.8 Å².